The van der Waals surface area contributed by atoms with Gasteiger partial charge in [-0.05, 0) is 42.8 Å². The van der Waals surface area contributed by atoms with Crippen molar-refractivity contribution >= 4 is 40.5 Å². The molecule has 0 unspecified atom stereocenters. The Morgan fingerprint density at radius 1 is 1.17 bits per heavy atom. The summed E-state index contributed by atoms with van der Waals surface area (Å²) in [6, 6.07) is 10.1. The van der Waals surface area contributed by atoms with Crippen LogP contribution >= 0.6 is 23.2 Å². The number of nitrogen functional groups attached to an aromatic ring is 1. The Labute approximate surface area is 150 Å². The van der Waals surface area contributed by atoms with Crippen LogP contribution in [0, 0.1) is 0 Å². The van der Waals surface area contributed by atoms with E-state index in [0.29, 0.717) is 52.4 Å². The van der Waals surface area contributed by atoms with Gasteiger partial charge in [-0.25, -0.2) is 0 Å². The minimum Gasteiger partial charge on any atom is -0.495 e. The molecule has 0 aromatic heterocycles. The molecule has 5 nitrogen and oxygen atoms in total. The molecule has 2 rings (SSSR count). The topological polar surface area (TPSA) is 73.6 Å². The van der Waals surface area contributed by atoms with E-state index >= 15 is 0 Å². The zero-order chi connectivity index (χ0) is 17.5. The second-order valence-electron chi connectivity index (χ2n) is 5.03. The third-order valence-corrected chi connectivity index (χ3v) is 3.73. The molecule has 7 heteroatoms. The number of rotatable bonds is 7. The van der Waals surface area contributed by atoms with E-state index in [1.807, 2.05) is 0 Å². The van der Waals surface area contributed by atoms with Crippen molar-refractivity contribution < 1.29 is 14.3 Å². The molecule has 0 atom stereocenters. The number of methoxy groups -OCH3 is 1. The summed E-state index contributed by atoms with van der Waals surface area (Å²) in [4.78, 5) is 12.0. The number of nitrogens with one attached hydrogen (secondary N) is 1. The predicted molar refractivity (Wildman–Crippen MR) is 97.2 cm³/mol. The molecule has 128 valence electrons. The summed E-state index contributed by atoms with van der Waals surface area (Å²) in [5.74, 6) is 0.949. The molecule has 0 saturated carbocycles. The summed E-state index contributed by atoms with van der Waals surface area (Å²) >= 11 is 11.8. The summed E-state index contributed by atoms with van der Waals surface area (Å²) in [5.41, 5.74) is 6.81. The van der Waals surface area contributed by atoms with Gasteiger partial charge in [0.25, 0.3) is 0 Å². The molecule has 0 aliphatic rings. The lowest BCUT2D eigenvalue weighted by molar-refractivity contribution is -0.116. The normalized spacial score (nSPS) is 10.3. The molecule has 0 aliphatic heterocycles. The Balaban J connectivity index is 1.80. The van der Waals surface area contributed by atoms with E-state index in [0.717, 1.165) is 0 Å². The van der Waals surface area contributed by atoms with Crippen LogP contribution in [0.3, 0.4) is 0 Å². The lowest BCUT2D eigenvalue weighted by Crippen LogP contribution is -2.13. The number of hydrogen-bond donors (Lipinski definition) is 2. The molecule has 0 spiro atoms. The van der Waals surface area contributed by atoms with Crippen molar-refractivity contribution in [2.75, 3.05) is 24.8 Å². The van der Waals surface area contributed by atoms with E-state index in [-0.39, 0.29) is 5.91 Å². The van der Waals surface area contributed by atoms with Crippen LogP contribution in [0.25, 0.3) is 0 Å². The highest BCUT2D eigenvalue weighted by Crippen LogP contribution is 2.28. The minimum atomic E-state index is -0.148. The molecular weight excluding hydrogens is 351 g/mol. The number of amides is 1. The van der Waals surface area contributed by atoms with Crippen molar-refractivity contribution in [1.29, 1.82) is 0 Å². The van der Waals surface area contributed by atoms with Crippen molar-refractivity contribution in [1.82, 2.24) is 0 Å². The summed E-state index contributed by atoms with van der Waals surface area (Å²) in [5, 5.41) is 3.76. The highest BCUT2D eigenvalue weighted by molar-refractivity contribution is 6.35. The van der Waals surface area contributed by atoms with E-state index in [2.05, 4.69) is 5.32 Å². The number of halogens is 2. The minimum absolute atomic E-state index is 0.148. The lowest BCUT2D eigenvalue weighted by Gasteiger charge is -2.11. The standard InChI is InChI=1S/C17H18Cl2N2O3/c1-23-16-7-5-12(20)10-14(16)21-17(22)3-2-8-24-15-6-4-11(18)9-13(15)19/h4-7,9-10H,2-3,8,20H2,1H3,(H,21,22). The van der Waals surface area contributed by atoms with Gasteiger partial charge < -0.3 is 20.5 Å². The van der Waals surface area contributed by atoms with E-state index in [9.17, 15) is 4.79 Å². The van der Waals surface area contributed by atoms with Crippen LogP contribution in [0.15, 0.2) is 36.4 Å². The van der Waals surface area contributed by atoms with Crippen molar-refractivity contribution in [3.05, 3.63) is 46.4 Å². The van der Waals surface area contributed by atoms with Crippen LogP contribution in [0.1, 0.15) is 12.8 Å². The SMILES string of the molecule is COc1ccc(N)cc1NC(=O)CCCOc1ccc(Cl)cc1Cl. The fourth-order valence-corrected chi connectivity index (χ4v) is 2.51. The van der Waals surface area contributed by atoms with Gasteiger partial charge in [0.05, 0.1) is 24.4 Å². The molecule has 2 aromatic carbocycles. The third kappa shape index (κ3) is 5.22. The van der Waals surface area contributed by atoms with E-state index < -0.39 is 0 Å². The predicted octanol–water partition coefficient (Wildman–Crippen LogP) is 4.38. The van der Waals surface area contributed by atoms with Crippen molar-refractivity contribution in [2.24, 2.45) is 0 Å². The fraction of sp³-hybridized carbons (Fsp3) is 0.235. The molecule has 0 fully saturated rings. The van der Waals surface area contributed by atoms with Crippen LogP contribution in [0.4, 0.5) is 11.4 Å². The molecule has 2 aromatic rings. The smallest absolute Gasteiger partial charge is 0.224 e. The molecule has 0 aliphatic carbocycles. The highest BCUT2D eigenvalue weighted by Gasteiger charge is 2.08. The van der Waals surface area contributed by atoms with Crippen LogP contribution in [0.2, 0.25) is 10.0 Å². The van der Waals surface area contributed by atoms with Gasteiger partial charge in [-0.2, -0.15) is 0 Å². The van der Waals surface area contributed by atoms with Gasteiger partial charge in [0.2, 0.25) is 5.91 Å². The Bertz CT molecular complexity index is 723. The maximum absolute atomic E-state index is 12.0. The first-order valence-electron chi connectivity index (χ1n) is 7.31. The number of carbonyl (C=O) groups excluding carboxylic acids is 1. The number of carbonyl (C=O) groups is 1. The lowest BCUT2D eigenvalue weighted by atomic mass is 10.2. The zero-order valence-electron chi connectivity index (χ0n) is 13.1. The summed E-state index contributed by atoms with van der Waals surface area (Å²) in [6.07, 6.45) is 0.832. The maximum atomic E-state index is 12.0. The summed E-state index contributed by atoms with van der Waals surface area (Å²) < 4.78 is 10.7. The molecule has 24 heavy (non-hydrogen) atoms. The van der Waals surface area contributed by atoms with Crippen molar-refractivity contribution in [3.63, 3.8) is 0 Å². The molecule has 0 bridgehead atoms. The van der Waals surface area contributed by atoms with Crippen LogP contribution in [-0.2, 0) is 4.79 Å². The van der Waals surface area contributed by atoms with Gasteiger partial charge in [-0.15, -0.1) is 0 Å². The summed E-state index contributed by atoms with van der Waals surface area (Å²) in [6.45, 7) is 0.364. The third-order valence-electron chi connectivity index (χ3n) is 3.20. The molecule has 0 saturated heterocycles. The van der Waals surface area contributed by atoms with Gasteiger partial charge in [-0.3, -0.25) is 4.79 Å². The zero-order valence-corrected chi connectivity index (χ0v) is 14.7. The quantitative estimate of drug-likeness (QED) is 0.561. The first-order chi connectivity index (χ1) is 11.5. The van der Waals surface area contributed by atoms with E-state index in [1.165, 1.54) is 7.11 Å². The number of hydrogen-bond acceptors (Lipinski definition) is 4. The first-order valence-corrected chi connectivity index (χ1v) is 8.06. The number of nitrogens with two attached hydrogens (primary N) is 1. The Kier molecular flexibility index (Phi) is 6.58. The summed E-state index contributed by atoms with van der Waals surface area (Å²) in [7, 11) is 1.53. The van der Waals surface area contributed by atoms with Crippen LogP contribution in [-0.4, -0.2) is 19.6 Å². The van der Waals surface area contributed by atoms with Crippen molar-refractivity contribution in [3.8, 4) is 11.5 Å². The van der Waals surface area contributed by atoms with Gasteiger partial charge >= 0.3 is 0 Å². The monoisotopic (exact) mass is 368 g/mol. The molecule has 0 radical (unpaired) electrons. The van der Waals surface area contributed by atoms with E-state index in [1.54, 1.807) is 36.4 Å². The van der Waals surface area contributed by atoms with Crippen LogP contribution < -0.4 is 20.5 Å². The van der Waals surface area contributed by atoms with Gasteiger partial charge in [0.15, 0.2) is 0 Å². The largest absolute Gasteiger partial charge is 0.495 e. The average Bonchev–Trinajstić information content (AvgIpc) is 2.53. The molecule has 3 N–H and O–H groups in total. The van der Waals surface area contributed by atoms with E-state index in [4.69, 9.17) is 38.4 Å². The molecular formula is C17H18Cl2N2O3. The second-order valence-corrected chi connectivity index (χ2v) is 5.88. The first kappa shape index (κ1) is 18.2. The Morgan fingerprint density at radius 3 is 2.62 bits per heavy atom. The van der Waals surface area contributed by atoms with Gasteiger partial charge in [0.1, 0.15) is 11.5 Å². The highest BCUT2D eigenvalue weighted by atomic mass is 35.5. The van der Waals surface area contributed by atoms with Gasteiger partial charge in [0, 0.05) is 17.1 Å². The van der Waals surface area contributed by atoms with Crippen LogP contribution in [0.5, 0.6) is 11.5 Å². The molecule has 1 amide bonds. The second kappa shape index (κ2) is 8.66. The average molecular weight is 369 g/mol. The fourth-order valence-electron chi connectivity index (χ4n) is 2.04. The van der Waals surface area contributed by atoms with Gasteiger partial charge in [-0.1, -0.05) is 23.2 Å². The Morgan fingerprint density at radius 2 is 1.92 bits per heavy atom. The van der Waals surface area contributed by atoms with Crippen molar-refractivity contribution in [2.45, 2.75) is 12.8 Å². The number of ether oxygens (including phenoxy) is 2. The number of anilines is 2. The Hall–Kier alpha value is -2.11. The molecule has 0 heterocycles. The maximum Gasteiger partial charge on any atom is 0.224 e. The number of benzene rings is 2.